The van der Waals surface area contributed by atoms with Gasteiger partial charge in [0.05, 0.1) is 18.4 Å². The van der Waals surface area contributed by atoms with Crippen molar-refractivity contribution in [3.05, 3.63) is 12.7 Å². The van der Waals surface area contributed by atoms with Crippen LogP contribution >= 0.6 is 0 Å². The molecule has 2 atom stereocenters. The molecule has 0 saturated heterocycles. The average Bonchev–Trinajstić information content (AvgIpc) is 2.48. The summed E-state index contributed by atoms with van der Waals surface area (Å²) in [6.45, 7) is 8.47. The zero-order valence-corrected chi connectivity index (χ0v) is 13.3. The molecule has 1 rings (SSSR count). The molecule has 21 heavy (non-hydrogen) atoms. The van der Waals surface area contributed by atoms with Crippen LogP contribution < -0.4 is 0 Å². The summed E-state index contributed by atoms with van der Waals surface area (Å²) < 4.78 is 10.5. The van der Waals surface area contributed by atoms with Gasteiger partial charge in [-0.15, -0.1) is 0 Å². The van der Waals surface area contributed by atoms with Crippen molar-refractivity contribution in [1.82, 2.24) is 0 Å². The molecule has 0 aromatic rings. The molecular formula is C17H28O4. The maximum atomic E-state index is 12.2. The van der Waals surface area contributed by atoms with Crippen LogP contribution in [0, 0.1) is 17.8 Å². The molecule has 1 aliphatic rings. The normalized spacial score (nSPS) is 21.9. The zero-order valence-electron chi connectivity index (χ0n) is 13.3. The van der Waals surface area contributed by atoms with E-state index in [1.165, 1.54) is 0 Å². The summed E-state index contributed by atoms with van der Waals surface area (Å²) in [7, 11) is 0. The number of carbonyl (C=O) groups excluding carboxylic acids is 2. The molecule has 1 fully saturated rings. The van der Waals surface area contributed by atoms with Crippen molar-refractivity contribution in [1.29, 1.82) is 0 Å². The standard InChI is InChI=1S/C17H28O4/c1-4-11-20-16(18)14-9-5-6-10-15(14)17(19)21-12-7-8-13(2)3/h4,13-15H,1,5-12H2,2-3H3. The lowest BCUT2D eigenvalue weighted by Crippen LogP contribution is -2.35. The lowest BCUT2D eigenvalue weighted by atomic mass is 9.79. The Bertz CT molecular complexity index is 349. The van der Waals surface area contributed by atoms with Gasteiger partial charge in [-0.25, -0.2) is 0 Å². The van der Waals surface area contributed by atoms with Gasteiger partial charge in [0.25, 0.3) is 0 Å². The first kappa shape index (κ1) is 17.7. The van der Waals surface area contributed by atoms with Crippen LogP contribution in [-0.2, 0) is 19.1 Å². The van der Waals surface area contributed by atoms with E-state index in [0.29, 0.717) is 18.9 Å². The molecule has 4 heteroatoms. The monoisotopic (exact) mass is 296 g/mol. The molecule has 0 aliphatic heterocycles. The summed E-state index contributed by atoms with van der Waals surface area (Å²) in [5.41, 5.74) is 0. The minimum atomic E-state index is -0.351. The van der Waals surface area contributed by atoms with Gasteiger partial charge >= 0.3 is 11.9 Å². The van der Waals surface area contributed by atoms with Gasteiger partial charge in [-0.3, -0.25) is 9.59 Å². The molecule has 0 radical (unpaired) electrons. The van der Waals surface area contributed by atoms with Gasteiger partial charge < -0.3 is 9.47 Å². The van der Waals surface area contributed by atoms with E-state index in [4.69, 9.17) is 9.47 Å². The number of carbonyl (C=O) groups is 2. The summed E-state index contributed by atoms with van der Waals surface area (Å²) in [5, 5.41) is 0. The highest BCUT2D eigenvalue weighted by molar-refractivity contribution is 5.82. The zero-order chi connectivity index (χ0) is 15.7. The maximum Gasteiger partial charge on any atom is 0.310 e. The van der Waals surface area contributed by atoms with Crippen LogP contribution in [0.1, 0.15) is 52.4 Å². The quantitative estimate of drug-likeness (QED) is 0.391. The fourth-order valence-electron chi connectivity index (χ4n) is 2.71. The molecule has 1 aliphatic carbocycles. The third kappa shape index (κ3) is 6.32. The molecule has 0 N–H and O–H groups in total. The van der Waals surface area contributed by atoms with Gasteiger partial charge in [-0.1, -0.05) is 39.3 Å². The molecule has 120 valence electrons. The number of hydrogen-bond acceptors (Lipinski definition) is 4. The van der Waals surface area contributed by atoms with Crippen LogP contribution in [0.2, 0.25) is 0 Å². The van der Waals surface area contributed by atoms with Gasteiger partial charge in [-0.05, 0) is 31.6 Å². The molecule has 1 saturated carbocycles. The van der Waals surface area contributed by atoms with Crippen molar-refractivity contribution < 1.29 is 19.1 Å². The second-order valence-electron chi connectivity index (χ2n) is 6.12. The smallest absolute Gasteiger partial charge is 0.310 e. The fourth-order valence-corrected chi connectivity index (χ4v) is 2.71. The summed E-state index contributed by atoms with van der Waals surface area (Å²) in [5.74, 6) is -0.607. The lowest BCUT2D eigenvalue weighted by molar-refractivity contribution is -0.162. The van der Waals surface area contributed by atoms with Gasteiger partial charge in [-0.2, -0.15) is 0 Å². The Morgan fingerprint density at radius 1 is 1.14 bits per heavy atom. The van der Waals surface area contributed by atoms with Crippen molar-refractivity contribution >= 4 is 11.9 Å². The SMILES string of the molecule is C=CCOC(=O)C1CCCCC1C(=O)OCCCC(C)C. The number of hydrogen-bond donors (Lipinski definition) is 0. The Morgan fingerprint density at radius 3 is 2.24 bits per heavy atom. The summed E-state index contributed by atoms with van der Waals surface area (Å²) in [6.07, 6.45) is 6.82. The Kier molecular flexibility index (Phi) is 8.09. The van der Waals surface area contributed by atoms with E-state index >= 15 is 0 Å². The van der Waals surface area contributed by atoms with E-state index < -0.39 is 0 Å². The van der Waals surface area contributed by atoms with E-state index in [-0.39, 0.29) is 30.4 Å². The lowest BCUT2D eigenvalue weighted by Gasteiger charge is -2.28. The second-order valence-corrected chi connectivity index (χ2v) is 6.12. The van der Waals surface area contributed by atoms with Gasteiger partial charge in [0.15, 0.2) is 0 Å². The van der Waals surface area contributed by atoms with Crippen molar-refractivity contribution in [2.75, 3.05) is 13.2 Å². The second kappa shape index (κ2) is 9.59. The summed E-state index contributed by atoms with van der Waals surface area (Å²) in [6, 6.07) is 0. The van der Waals surface area contributed by atoms with Crippen LogP contribution in [0.5, 0.6) is 0 Å². The molecule has 0 heterocycles. The first-order valence-corrected chi connectivity index (χ1v) is 8.00. The van der Waals surface area contributed by atoms with Crippen LogP contribution in [0.15, 0.2) is 12.7 Å². The highest BCUT2D eigenvalue weighted by Crippen LogP contribution is 2.32. The van der Waals surface area contributed by atoms with Crippen LogP contribution in [0.25, 0.3) is 0 Å². The molecule has 2 unspecified atom stereocenters. The minimum absolute atomic E-state index is 0.200. The van der Waals surface area contributed by atoms with Crippen molar-refractivity contribution in [2.45, 2.75) is 52.4 Å². The maximum absolute atomic E-state index is 12.2. The third-order valence-electron chi connectivity index (χ3n) is 3.89. The van der Waals surface area contributed by atoms with Crippen molar-refractivity contribution in [3.63, 3.8) is 0 Å². The topological polar surface area (TPSA) is 52.6 Å². The summed E-state index contributed by atoms with van der Waals surface area (Å²) in [4.78, 5) is 24.2. The highest BCUT2D eigenvalue weighted by Gasteiger charge is 2.37. The van der Waals surface area contributed by atoms with Gasteiger partial charge in [0.2, 0.25) is 0 Å². The highest BCUT2D eigenvalue weighted by atomic mass is 16.5. The largest absolute Gasteiger partial charge is 0.465 e. The molecule has 0 bridgehead atoms. The Morgan fingerprint density at radius 2 is 1.71 bits per heavy atom. The molecule has 0 amide bonds. The van der Waals surface area contributed by atoms with Crippen LogP contribution in [0.4, 0.5) is 0 Å². The number of esters is 2. The van der Waals surface area contributed by atoms with Gasteiger partial charge in [0, 0.05) is 0 Å². The average molecular weight is 296 g/mol. The van der Waals surface area contributed by atoms with E-state index in [2.05, 4.69) is 20.4 Å². The molecule has 0 aromatic heterocycles. The van der Waals surface area contributed by atoms with E-state index in [9.17, 15) is 9.59 Å². The van der Waals surface area contributed by atoms with E-state index in [1.807, 2.05) is 0 Å². The van der Waals surface area contributed by atoms with Crippen LogP contribution in [0.3, 0.4) is 0 Å². The van der Waals surface area contributed by atoms with Crippen molar-refractivity contribution in [3.8, 4) is 0 Å². The first-order chi connectivity index (χ1) is 10.1. The Labute approximate surface area is 127 Å². The van der Waals surface area contributed by atoms with Crippen molar-refractivity contribution in [2.24, 2.45) is 17.8 Å². The number of ether oxygens (including phenoxy) is 2. The first-order valence-electron chi connectivity index (χ1n) is 8.00. The van der Waals surface area contributed by atoms with Gasteiger partial charge in [0.1, 0.15) is 6.61 Å². The fraction of sp³-hybridized carbons (Fsp3) is 0.765. The van der Waals surface area contributed by atoms with Crippen LogP contribution in [-0.4, -0.2) is 25.2 Å². The molecular weight excluding hydrogens is 268 g/mol. The predicted molar refractivity (Wildman–Crippen MR) is 81.6 cm³/mol. The molecule has 4 nitrogen and oxygen atoms in total. The Hall–Kier alpha value is -1.32. The van der Waals surface area contributed by atoms with E-state index in [1.54, 1.807) is 6.08 Å². The Balaban J connectivity index is 2.45. The third-order valence-corrected chi connectivity index (χ3v) is 3.89. The predicted octanol–water partition coefficient (Wildman–Crippen LogP) is 3.50. The minimum Gasteiger partial charge on any atom is -0.465 e. The number of rotatable bonds is 8. The summed E-state index contributed by atoms with van der Waals surface area (Å²) >= 11 is 0. The van der Waals surface area contributed by atoms with E-state index in [0.717, 1.165) is 32.1 Å². The molecule has 0 spiro atoms. The molecule has 0 aromatic carbocycles.